The number of nitrogens with one attached hydrogen (secondary N) is 2. The molecule has 0 aromatic carbocycles. The maximum absolute atomic E-state index is 12.2. The molecule has 0 aliphatic heterocycles. The second-order valence-electron chi connectivity index (χ2n) is 5.45. The van der Waals surface area contributed by atoms with Crippen molar-refractivity contribution in [3.63, 3.8) is 0 Å². The van der Waals surface area contributed by atoms with Crippen molar-refractivity contribution in [3.8, 4) is 0 Å². The normalized spacial score (nSPS) is 28.4. The minimum absolute atomic E-state index is 0.101. The minimum Gasteiger partial charge on any atom is -0.349 e. The fourth-order valence-electron chi connectivity index (χ4n) is 3.34. The number of nitrogens with zero attached hydrogens (tertiary/aromatic N) is 1. The molecule has 19 heavy (non-hydrogen) atoms. The third kappa shape index (κ3) is 2.40. The van der Waals surface area contributed by atoms with Crippen molar-refractivity contribution in [2.45, 2.75) is 31.7 Å². The van der Waals surface area contributed by atoms with Crippen LogP contribution in [0.3, 0.4) is 0 Å². The SMILES string of the molecule is NNc1ncc(C(=O)NC2CC3CCC2C3)cc1Cl. The Labute approximate surface area is 116 Å². The van der Waals surface area contributed by atoms with E-state index in [4.69, 9.17) is 17.4 Å². The summed E-state index contributed by atoms with van der Waals surface area (Å²) < 4.78 is 0. The van der Waals surface area contributed by atoms with Crippen molar-refractivity contribution in [2.24, 2.45) is 17.7 Å². The summed E-state index contributed by atoms with van der Waals surface area (Å²) >= 11 is 5.97. The first kappa shape index (κ1) is 12.7. The largest absolute Gasteiger partial charge is 0.349 e. The minimum atomic E-state index is -0.101. The van der Waals surface area contributed by atoms with Crippen LogP contribution in [0.2, 0.25) is 5.02 Å². The summed E-state index contributed by atoms with van der Waals surface area (Å²) in [5.41, 5.74) is 2.86. The zero-order valence-electron chi connectivity index (χ0n) is 10.5. The molecule has 0 spiro atoms. The monoisotopic (exact) mass is 280 g/mol. The average molecular weight is 281 g/mol. The third-order valence-electron chi connectivity index (χ3n) is 4.29. The molecule has 1 aromatic heterocycles. The Hall–Kier alpha value is -1.33. The van der Waals surface area contributed by atoms with Crippen molar-refractivity contribution in [3.05, 3.63) is 22.8 Å². The van der Waals surface area contributed by atoms with Crippen LogP contribution in [0.5, 0.6) is 0 Å². The summed E-state index contributed by atoms with van der Waals surface area (Å²) in [5, 5.41) is 3.45. The summed E-state index contributed by atoms with van der Waals surface area (Å²) in [6.07, 6.45) is 6.43. The zero-order chi connectivity index (χ0) is 13.4. The van der Waals surface area contributed by atoms with Crippen LogP contribution in [-0.2, 0) is 0 Å². The van der Waals surface area contributed by atoms with Gasteiger partial charge in [-0.25, -0.2) is 10.8 Å². The number of halogens is 1. The van der Waals surface area contributed by atoms with E-state index in [1.165, 1.54) is 25.5 Å². The number of carbonyl (C=O) groups excluding carboxylic acids is 1. The molecule has 0 saturated heterocycles. The number of amides is 1. The summed E-state index contributed by atoms with van der Waals surface area (Å²) in [4.78, 5) is 16.2. The van der Waals surface area contributed by atoms with Crippen LogP contribution in [0.1, 0.15) is 36.0 Å². The molecule has 5 nitrogen and oxygen atoms in total. The molecular formula is C13H17ClN4O. The molecule has 1 aromatic rings. The topological polar surface area (TPSA) is 80.0 Å². The Balaban J connectivity index is 1.69. The van der Waals surface area contributed by atoms with E-state index < -0.39 is 0 Å². The van der Waals surface area contributed by atoms with E-state index in [2.05, 4.69) is 15.7 Å². The molecule has 2 fully saturated rings. The van der Waals surface area contributed by atoms with E-state index in [9.17, 15) is 4.79 Å². The molecule has 102 valence electrons. The van der Waals surface area contributed by atoms with Gasteiger partial charge in [-0.1, -0.05) is 18.0 Å². The first-order valence-corrected chi connectivity index (χ1v) is 6.98. The Bertz CT molecular complexity index is 507. The highest BCUT2D eigenvalue weighted by Gasteiger charge is 2.40. The fourth-order valence-corrected chi connectivity index (χ4v) is 3.56. The van der Waals surface area contributed by atoms with Crippen LogP contribution in [0.25, 0.3) is 0 Å². The number of hydrogen-bond donors (Lipinski definition) is 3. The summed E-state index contributed by atoms with van der Waals surface area (Å²) in [6.45, 7) is 0. The molecule has 3 atom stereocenters. The molecule has 2 aliphatic carbocycles. The standard InChI is InChI=1S/C13H17ClN4O/c14-10-5-9(6-16-12(10)18-15)13(19)17-11-4-7-1-2-8(11)3-7/h5-8,11H,1-4,15H2,(H,16,18)(H,17,19). The van der Waals surface area contributed by atoms with Crippen LogP contribution in [0, 0.1) is 11.8 Å². The van der Waals surface area contributed by atoms with Gasteiger partial charge >= 0.3 is 0 Å². The molecule has 1 amide bonds. The van der Waals surface area contributed by atoms with Gasteiger partial charge < -0.3 is 10.7 Å². The molecule has 0 radical (unpaired) electrons. The molecular weight excluding hydrogens is 264 g/mol. The van der Waals surface area contributed by atoms with Gasteiger partial charge in [0.05, 0.1) is 10.6 Å². The maximum atomic E-state index is 12.2. The Kier molecular flexibility index (Phi) is 3.33. The summed E-state index contributed by atoms with van der Waals surface area (Å²) in [6, 6.07) is 1.91. The van der Waals surface area contributed by atoms with Gasteiger partial charge in [-0.05, 0) is 37.2 Å². The van der Waals surface area contributed by atoms with Gasteiger partial charge in [0.25, 0.3) is 5.91 Å². The van der Waals surface area contributed by atoms with E-state index in [0.29, 0.717) is 28.4 Å². The van der Waals surface area contributed by atoms with Crippen LogP contribution in [0.15, 0.2) is 12.3 Å². The lowest BCUT2D eigenvalue weighted by Gasteiger charge is -2.22. The van der Waals surface area contributed by atoms with E-state index >= 15 is 0 Å². The third-order valence-corrected chi connectivity index (χ3v) is 4.58. The van der Waals surface area contributed by atoms with Crippen LogP contribution in [0.4, 0.5) is 5.82 Å². The molecule has 4 N–H and O–H groups in total. The van der Waals surface area contributed by atoms with Gasteiger partial charge in [0, 0.05) is 12.2 Å². The molecule has 2 aliphatic rings. The van der Waals surface area contributed by atoms with Gasteiger partial charge in [0.1, 0.15) is 0 Å². The predicted octanol–water partition coefficient (Wildman–Crippen LogP) is 1.94. The van der Waals surface area contributed by atoms with Gasteiger partial charge in [0.2, 0.25) is 0 Å². The number of rotatable bonds is 3. The second kappa shape index (κ2) is 4.98. The van der Waals surface area contributed by atoms with Crippen LogP contribution in [-0.4, -0.2) is 16.9 Å². The lowest BCUT2D eigenvalue weighted by molar-refractivity contribution is 0.0922. The van der Waals surface area contributed by atoms with E-state index in [0.717, 1.165) is 12.3 Å². The van der Waals surface area contributed by atoms with E-state index in [1.807, 2.05) is 0 Å². The van der Waals surface area contributed by atoms with Crippen molar-refractivity contribution in [1.82, 2.24) is 10.3 Å². The number of anilines is 1. The number of aromatic nitrogens is 1. The Morgan fingerprint density at radius 2 is 2.26 bits per heavy atom. The Morgan fingerprint density at radius 1 is 1.42 bits per heavy atom. The highest BCUT2D eigenvalue weighted by Crippen LogP contribution is 2.44. The molecule has 2 saturated carbocycles. The van der Waals surface area contributed by atoms with Crippen molar-refractivity contribution < 1.29 is 4.79 Å². The number of nitrogens with two attached hydrogens (primary N) is 1. The molecule has 3 rings (SSSR count). The van der Waals surface area contributed by atoms with Gasteiger partial charge in [-0.15, -0.1) is 0 Å². The lowest BCUT2D eigenvalue weighted by Crippen LogP contribution is -2.38. The van der Waals surface area contributed by atoms with E-state index in [1.54, 1.807) is 6.07 Å². The first-order chi connectivity index (χ1) is 9.17. The number of hydrogen-bond acceptors (Lipinski definition) is 4. The Morgan fingerprint density at radius 3 is 2.84 bits per heavy atom. The predicted molar refractivity (Wildman–Crippen MR) is 73.8 cm³/mol. The number of hydrazine groups is 1. The van der Waals surface area contributed by atoms with E-state index in [-0.39, 0.29) is 5.91 Å². The zero-order valence-corrected chi connectivity index (χ0v) is 11.3. The van der Waals surface area contributed by atoms with Gasteiger partial charge in [0.15, 0.2) is 5.82 Å². The highest BCUT2D eigenvalue weighted by atomic mass is 35.5. The molecule has 1 heterocycles. The van der Waals surface area contributed by atoms with Crippen molar-refractivity contribution in [1.29, 1.82) is 0 Å². The van der Waals surface area contributed by atoms with Crippen molar-refractivity contribution >= 4 is 23.3 Å². The average Bonchev–Trinajstić information content (AvgIpc) is 3.00. The quantitative estimate of drug-likeness (QED) is 0.584. The van der Waals surface area contributed by atoms with Gasteiger partial charge in [-0.3, -0.25) is 4.79 Å². The maximum Gasteiger partial charge on any atom is 0.253 e. The number of nitrogen functional groups attached to an aromatic ring is 1. The molecule has 3 unspecified atom stereocenters. The fraction of sp³-hybridized carbons (Fsp3) is 0.538. The first-order valence-electron chi connectivity index (χ1n) is 6.60. The number of fused-ring (bicyclic) bond motifs is 2. The molecule has 2 bridgehead atoms. The number of pyridine rings is 1. The van der Waals surface area contributed by atoms with Crippen molar-refractivity contribution in [2.75, 3.05) is 5.43 Å². The van der Waals surface area contributed by atoms with Crippen LogP contribution < -0.4 is 16.6 Å². The second-order valence-corrected chi connectivity index (χ2v) is 5.86. The van der Waals surface area contributed by atoms with Gasteiger partial charge in [-0.2, -0.15) is 0 Å². The molecule has 6 heteroatoms. The summed E-state index contributed by atoms with van der Waals surface area (Å²) in [5.74, 6) is 6.99. The summed E-state index contributed by atoms with van der Waals surface area (Å²) in [7, 11) is 0. The van der Waals surface area contributed by atoms with Crippen LogP contribution >= 0.6 is 11.6 Å². The lowest BCUT2D eigenvalue weighted by atomic mass is 9.95. The highest BCUT2D eigenvalue weighted by molar-refractivity contribution is 6.33. The smallest absolute Gasteiger partial charge is 0.253 e. The number of carbonyl (C=O) groups is 1.